The van der Waals surface area contributed by atoms with E-state index < -0.39 is 29.2 Å². The SMILES string of the molecule is Fc1cc(C(F)(F)F)ccc1-c1ccc(C[n+]2cc3[nH]c(-c4cccc(F)c4F)nc3cn2)nn1. The average molecular weight is 487 g/mol. The van der Waals surface area contributed by atoms with Crippen molar-refractivity contribution in [3.05, 3.63) is 89.6 Å². The third-order valence-electron chi connectivity index (χ3n) is 5.19. The number of nitrogens with zero attached hydrogens (tertiary/aromatic N) is 5. The topological polar surface area (TPSA) is 71.2 Å². The van der Waals surface area contributed by atoms with Crippen LogP contribution in [0, 0.1) is 17.5 Å². The van der Waals surface area contributed by atoms with Gasteiger partial charge in [0.2, 0.25) is 12.7 Å². The van der Waals surface area contributed by atoms with Crippen molar-refractivity contribution < 1.29 is 31.0 Å². The first-order chi connectivity index (χ1) is 16.7. The number of hydrogen-bond donors (Lipinski definition) is 1. The van der Waals surface area contributed by atoms with Gasteiger partial charge in [-0.25, -0.2) is 18.2 Å². The van der Waals surface area contributed by atoms with Crippen molar-refractivity contribution in [3.8, 4) is 22.6 Å². The third kappa shape index (κ3) is 4.42. The Kier molecular flexibility index (Phi) is 5.42. The van der Waals surface area contributed by atoms with Gasteiger partial charge in [-0.15, -0.1) is 10.2 Å². The Labute approximate surface area is 192 Å². The molecule has 0 aliphatic heterocycles. The van der Waals surface area contributed by atoms with Crippen molar-refractivity contribution in [3.63, 3.8) is 0 Å². The number of rotatable bonds is 4. The molecule has 0 aliphatic carbocycles. The lowest BCUT2D eigenvalue weighted by Crippen LogP contribution is -2.38. The molecular formula is C23H13F6N6+. The molecule has 35 heavy (non-hydrogen) atoms. The lowest BCUT2D eigenvalue weighted by molar-refractivity contribution is -0.745. The molecule has 176 valence electrons. The van der Waals surface area contributed by atoms with E-state index in [0.717, 1.165) is 18.2 Å². The number of imidazole rings is 1. The summed E-state index contributed by atoms with van der Waals surface area (Å²) < 4.78 is 81.5. The number of halogens is 6. The number of hydrogen-bond acceptors (Lipinski definition) is 4. The van der Waals surface area contributed by atoms with Gasteiger partial charge in [0.25, 0.3) is 0 Å². The Hall–Kier alpha value is -4.35. The molecule has 0 radical (unpaired) electrons. The predicted molar refractivity (Wildman–Crippen MR) is 111 cm³/mol. The summed E-state index contributed by atoms with van der Waals surface area (Å²) in [6.45, 7) is 0.154. The molecule has 0 aliphatic rings. The average Bonchev–Trinajstić information content (AvgIpc) is 3.24. The summed E-state index contributed by atoms with van der Waals surface area (Å²) in [6.07, 6.45) is -1.62. The Morgan fingerprint density at radius 1 is 0.886 bits per heavy atom. The van der Waals surface area contributed by atoms with E-state index in [-0.39, 0.29) is 29.2 Å². The van der Waals surface area contributed by atoms with Crippen molar-refractivity contribution >= 4 is 11.0 Å². The molecular weight excluding hydrogens is 474 g/mol. The fraction of sp³-hybridized carbons (Fsp3) is 0.0870. The van der Waals surface area contributed by atoms with Gasteiger partial charge < -0.3 is 4.98 Å². The highest BCUT2D eigenvalue weighted by Crippen LogP contribution is 2.32. The zero-order valence-electron chi connectivity index (χ0n) is 17.5. The maximum atomic E-state index is 14.2. The van der Waals surface area contributed by atoms with Gasteiger partial charge in [0, 0.05) is 5.56 Å². The van der Waals surface area contributed by atoms with Gasteiger partial charge >= 0.3 is 6.18 Å². The molecule has 0 atom stereocenters. The molecule has 2 aromatic carbocycles. The highest BCUT2D eigenvalue weighted by atomic mass is 19.4. The van der Waals surface area contributed by atoms with Crippen LogP contribution >= 0.6 is 0 Å². The maximum Gasteiger partial charge on any atom is 0.416 e. The highest BCUT2D eigenvalue weighted by Gasteiger charge is 2.31. The number of benzene rings is 2. The summed E-state index contributed by atoms with van der Waals surface area (Å²) >= 11 is 0. The van der Waals surface area contributed by atoms with Crippen LogP contribution in [0.25, 0.3) is 33.7 Å². The van der Waals surface area contributed by atoms with Crippen molar-refractivity contribution in [2.24, 2.45) is 0 Å². The molecule has 0 unspecified atom stereocenters. The third-order valence-corrected chi connectivity index (χ3v) is 5.19. The van der Waals surface area contributed by atoms with Crippen molar-refractivity contribution in [1.29, 1.82) is 0 Å². The summed E-state index contributed by atoms with van der Waals surface area (Å²) in [5.41, 5.74) is 0.221. The van der Waals surface area contributed by atoms with Crippen LogP contribution in [-0.4, -0.2) is 25.3 Å². The molecule has 3 aromatic heterocycles. The van der Waals surface area contributed by atoms with E-state index in [2.05, 4.69) is 25.3 Å². The van der Waals surface area contributed by atoms with Gasteiger partial charge in [-0.05, 0) is 47.6 Å². The number of aromatic amines is 1. The molecule has 5 aromatic rings. The molecule has 0 fully saturated rings. The van der Waals surface area contributed by atoms with Gasteiger partial charge in [0.15, 0.2) is 11.6 Å². The predicted octanol–water partition coefficient (Wildman–Crippen LogP) is 4.85. The van der Waals surface area contributed by atoms with E-state index >= 15 is 0 Å². The smallest absolute Gasteiger partial charge is 0.333 e. The number of aromatic nitrogens is 6. The largest absolute Gasteiger partial charge is 0.416 e. The van der Waals surface area contributed by atoms with Crippen molar-refractivity contribution in [1.82, 2.24) is 25.3 Å². The van der Waals surface area contributed by atoms with Gasteiger partial charge in [-0.3, -0.25) is 0 Å². The standard InChI is InChI=1S/C23H12F6N6/c24-16-3-1-2-15(21(16)26)22-31-19-9-30-35(11-20(19)32-22)10-13-5-7-18(34-33-13)14-6-4-12(8-17(14)25)23(27,28)29/h1-9,11H,10H2/p+1. The number of fused-ring (bicyclic) bond motifs is 1. The molecule has 3 heterocycles. The van der Waals surface area contributed by atoms with Crippen LogP contribution in [0.5, 0.6) is 0 Å². The second-order valence-corrected chi connectivity index (χ2v) is 7.56. The van der Waals surface area contributed by atoms with Gasteiger partial charge in [0.1, 0.15) is 34.6 Å². The zero-order chi connectivity index (χ0) is 24.7. The van der Waals surface area contributed by atoms with Crippen LogP contribution in [0.15, 0.2) is 60.9 Å². The minimum Gasteiger partial charge on any atom is -0.333 e. The van der Waals surface area contributed by atoms with Crippen molar-refractivity contribution in [2.75, 3.05) is 0 Å². The first kappa shape index (κ1) is 22.4. The molecule has 0 spiro atoms. The molecule has 1 N–H and O–H groups in total. The Morgan fingerprint density at radius 2 is 1.71 bits per heavy atom. The fourth-order valence-electron chi connectivity index (χ4n) is 3.46. The van der Waals surface area contributed by atoms with Crippen LogP contribution in [-0.2, 0) is 12.7 Å². The number of H-pyrrole nitrogens is 1. The summed E-state index contributed by atoms with van der Waals surface area (Å²) in [4.78, 5) is 7.16. The van der Waals surface area contributed by atoms with Gasteiger partial charge in [0.05, 0.1) is 16.8 Å². The van der Waals surface area contributed by atoms with Crippen LogP contribution < -0.4 is 4.68 Å². The minimum absolute atomic E-state index is 0.0234. The van der Waals surface area contributed by atoms with Crippen LogP contribution in [0.3, 0.4) is 0 Å². The molecule has 0 saturated carbocycles. The molecule has 0 amide bonds. The molecule has 0 saturated heterocycles. The van der Waals surface area contributed by atoms with E-state index in [1.165, 1.54) is 29.1 Å². The lowest BCUT2D eigenvalue weighted by atomic mass is 10.1. The highest BCUT2D eigenvalue weighted by molar-refractivity contribution is 5.77. The summed E-state index contributed by atoms with van der Waals surface area (Å²) in [5, 5.41) is 12.1. The summed E-state index contributed by atoms with van der Waals surface area (Å²) in [7, 11) is 0. The summed E-state index contributed by atoms with van der Waals surface area (Å²) in [5.74, 6) is -2.94. The molecule has 0 bridgehead atoms. The first-order valence-electron chi connectivity index (χ1n) is 10.1. The second-order valence-electron chi connectivity index (χ2n) is 7.56. The first-order valence-corrected chi connectivity index (χ1v) is 10.1. The Bertz CT molecular complexity index is 1550. The quantitative estimate of drug-likeness (QED) is 0.291. The summed E-state index contributed by atoms with van der Waals surface area (Å²) in [6, 6.07) is 8.95. The molecule has 6 nitrogen and oxygen atoms in total. The zero-order valence-corrected chi connectivity index (χ0v) is 17.5. The molecule has 12 heteroatoms. The Balaban J connectivity index is 1.37. The van der Waals surface area contributed by atoms with E-state index in [4.69, 9.17) is 0 Å². The van der Waals surface area contributed by atoms with Crippen LogP contribution in [0.2, 0.25) is 0 Å². The van der Waals surface area contributed by atoms with E-state index in [9.17, 15) is 26.3 Å². The second kappa shape index (κ2) is 8.46. The van der Waals surface area contributed by atoms with E-state index in [0.29, 0.717) is 22.8 Å². The number of nitrogens with one attached hydrogen (secondary N) is 1. The lowest BCUT2D eigenvalue weighted by Gasteiger charge is -2.08. The van der Waals surface area contributed by atoms with Gasteiger partial charge in [-0.2, -0.15) is 13.2 Å². The number of alkyl halides is 3. The van der Waals surface area contributed by atoms with Gasteiger partial charge in [-0.1, -0.05) is 10.7 Å². The van der Waals surface area contributed by atoms with E-state index in [1.807, 2.05) is 0 Å². The van der Waals surface area contributed by atoms with E-state index in [1.54, 1.807) is 12.3 Å². The maximum absolute atomic E-state index is 14.2. The Morgan fingerprint density at radius 3 is 2.43 bits per heavy atom. The fourth-order valence-corrected chi connectivity index (χ4v) is 3.46. The monoisotopic (exact) mass is 487 g/mol. The normalized spacial score (nSPS) is 11.8. The molecule has 5 rings (SSSR count). The van der Waals surface area contributed by atoms with Crippen LogP contribution in [0.4, 0.5) is 26.3 Å². The van der Waals surface area contributed by atoms with Crippen molar-refractivity contribution in [2.45, 2.75) is 12.7 Å². The minimum atomic E-state index is -4.65. The van der Waals surface area contributed by atoms with Crippen LogP contribution in [0.1, 0.15) is 11.3 Å².